The summed E-state index contributed by atoms with van der Waals surface area (Å²) in [6.07, 6.45) is 1.39. The van der Waals surface area contributed by atoms with Gasteiger partial charge in [0.15, 0.2) is 17.4 Å². The zero-order chi connectivity index (χ0) is 26.4. The fraction of sp³-hybridized carbons (Fsp3) is 0.192. The Morgan fingerprint density at radius 3 is 2.36 bits per heavy atom. The molecule has 3 aromatic carbocycles. The lowest BCUT2D eigenvalue weighted by Crippen LogP contribution is -2.53. The predicted molar refractivity (Wildman–Crippen MR) is 131 cm³/mol. The topological polar surface area (TPSA) is 79.0 Å². The molecule has 0 bridgehead atoms. The molecule has 36 heavy (non-hydrogen) atoms. The average molecular weight is 501 g/mol. The second kappa shape index (κ2) is 9.10. The molecular weight excluding hydrogens is 478 g/mol. The molecule has 0 atom stereocenters. The van der Waals surface area contributed by atoms with Crippen molar-refractivity contribution < 1.29 is 32.2 Å². The maximum Gasteiger partial charge on any atom is 0.387 e. The zero-order valence-electron chi connectivity index (χ0n) is 19.4. The second-order valence-corrected chi connectivity index (χ2v) is 8.84. The van der Waals surface area contributed by atoms with E-state index in [1.54, 1.807) is 28.0 Å². The molecule has 3 aromatic rings. The highest BCUT2D eigenvalue weighted by atomic mass is 19.3. The number of nitrogens with zero attached hydrogens (tertiary/aromatic N) is 2. The highest BCUT2D eigenvalue weighted by Gasteiger charge is 2.41. The number of benzene rings is 3. The fourth-order valence-electron chi connectivity index (χ4n) is 4.43. The van der Waals surface area contributed by atoms with Gasteiger partial charge in [0.25, 0.3) is 0 Å². The van der Waals surface area contributed by atoms with E-state index in [0.29, 0.717) is 22.6 Å². The number of nitrogen functional groups attached to an aromatic ring is 1. The summed E-state index contributed by atoms with van der Waals surface area (Å²) in [6, 6.07) is 11.1. The van der Waals surface area contributed by atoms with E-state index in [2.05, 4.69) is 11.3 Å². The number of anilines is 5. The molecule has 0 amide bonds. The molecule has 0 saturated carbocycles. The molecule has 1 aliphatic rings. The number of rotatable bonds is 6. The largest absolute Gasteiger partial charge is 0.478 e. The van der Waals surface area contributed by atoms with Gasteiger partial charge in [0.2, 0.25) is 0 Å². The minimum Gasteiger partial charge on any atom is -0.478 e. The zero-order valence-corrected chi connectivity index (χ0v) is 19.4. The third kappa shape index (κ3) is 4.30. The molecule has 4 rings (SSSR count). The molecule has 0 unspecified atom stereocenters. The number of carboxylic acid groups (broad SMARTS) is 1. The Morgan fingerprint density at radius 1 is 1.14 bits per heavy atom. The van der Waals surface area contributed by atoms with Crippen LogP contribution in [0, 0.1) is 11.6 Å². The van der Waals surface area contributed by atoms with E-state index in [0.717, 1.165) is 12.1 Å². The normalized spacial score (nSPS) is 14.5. The smallest absolute Gasteiger partial charge is 0.387 e. The van der Waals surface area contributed by atoms with Crippen molar-refractivity contribution in [3.8, 4) is 5.75 Å². The Kier molecular flexibility index (Phi) is 6.30. The van der Waals surface area contributed by atoms with Gasteiger partial charge in [0.05, 0.1) is 22.5 Å². The number of alkyl halides is 2. The van der Waals surface area contributed by atoms with Gasteiger partial charge in [-0.2, -0.15) is 8.78 Å². The molecule has 0 saturated heterocycles. The van der Waals surface area contributed by atoms with Crippen molar-refractivity contribution in [2.75, 3.05) is 22.1 Å². The van der Waals surface area contributed by atoms with E-state index in [1.807, 2.05) is 13.8 Å². The van der Waals surface area contributed by atoms with E-state index in [4.69, 9.17) is 5.73 Å². The number of carbonyl (C=O) groups is 1. The van der Waals surface area contributed by atoms with Crippen LogP contribution >= 0.6 is 0 Å². The van der Waals surface area contributed by atoms with E-state index in [-0.39, 0.29) is 23.5 Å². The summed E-state index contributed by atoms with van der Waals surface area (Å²) in [5.74, 6) is -3.46. The summed E-state index contributed by atoms with van der Waals surface area (Å²) in [5.41, 5.74) is 6.69. The predicted octanol–water partition coefficient (Wildman–Crippen LogP) is 6.56. The molecule has 188 valence electrons. The van der Waals surface area contributed by atoms with Gasteiger partial charge >= 0.3 is 12.6 Å². The van der Waals surface area contributed by atoms with Gasteiger partial charge in [0, 0.05) is 29.5 Å². The summed E-state index contributed by atoms with van der Waals surface area (Å²) in [4.78, 5) is 14.6. The van der Waals surface area contributed by atoms with E-state index < -0.39 is 35.5 Å². The van der Waals surface area contributed by atoms with E-state index in [1.165, 1.54) is 24.3 Å². The minimum absolute atomic E-state index is 0.0664. The Hall–Kier alpha value is -4.21. The van der Waals surface area contributed by atoms with Crippen LogP contribution in [0.15, 0.2) is 55.1 Å². The number of halogens is 4. The number of carboxylic acids is 1. The molecule has 0 fully saturated rings. The second-order valence-electron chi connectivity index (χ2n) is 8.84. The first-order chi connectivity index (χ1) is 16.9. The van der Waals surface area contributed by atoms with E-state index >= 15 is 4.39 Å². The van der Waals surface area contributed by atoms with Crippen LogP contribution in [0.5, 0.6) is 5.75 Å². The van der Waals surface area contributed by atoms with Crippen LogP contribution in [0.2, 0.25) is 0 Å². The fourth-order valence-corrected chi connectivity index (χ4v) is 4.43. The van der Waals surface area contributed by atoms with Crippen molar-refractivity contribution >= 4 is 40.5 Å². The van der Waals surface area contributed by atoms with E-state index in [9.17, 15) is 23.1 Å². The third-order valence-electron chi connectivity index (χ3n) is 5.99. The maximum absolute atomic E-state index is 15.8. The molecule has 6 nitrogen and oxygen atoms in total. The lowest BCUT2D eigenvalue weighted by atomic mass is 9.92. The standard InChI is InChI=1S/C26H23F4N3O3/c1-4-14-11-19-23(21(28)22(14)31)32(16-7-5-15(6-8-16)24(34)35)13-26(2,3)33(19)17-9-10-18(27)20(12-17)36-25(29)30/h4-12,25H,1,13,31H2,2-3H3,(H,34,35). The van der Waals surface area contributed by atoms with Gasteiger partial charge in [-0.05, 0) is 56.3 Å². The van der Waals surface area contributed by atoms with Crippen molar-refractivity contribution in [1.82, 2.24) is 0 Å². The van der Waals surface area contributed by atoms with Gasteiger partial charge in [-0.1, -0.05) is 12.7 Å². The minimum atomic E-state index is -3.23. The molecule has 0 spiro atoms. The third-order valence-corrected chi connectivity index (χ3v) is 5.99. The van der Waals surface area contributed by atoms with Crippen LogP contribution in [0.1, 0.15) is 29.8 Å². The monoisotopic (exact) mass is 501 g/mol. The Balaban J connectivity index is 1.95. The Labute approximate surface area is 204 Å². The van der Waals surface area contributed by atoms with Crippen LogP contribution in [0.25, 0.3) is 6.08 Å². The average Bonchev–Trinajstić information content (AvgIpc) is 2.81. The molecule has 0 aliphatic carbocycles. The number of aromatic carboxylic acids is 1. The lowest BCUT2D eigenvalue weighted by molar-refractivity contribution is -0.0521. The highest BCUT2D eigenvalue weighted by molar-refractivity contribution is 5.92. The van der Waals surface area contributed by atoms with Gasteiger partial charge < -0.3 is 25.4 Å². The van der Waals surface area contributed by atoms with Crippen LogP contribution in [-0.4, -0.2) is 29.8 Å². The Morgan fingerprint density at radius 2 is 1.78 bits per heavy atom. The summed E-state index contributed by atoms with van der Waals surface area (Å²) in [6.45, 7) is 4.32. The molecule has 0 aromatic heterocycles. The van der Waals surface area contributed by atoms with Crippen LogP contribution in [-0.2, 0) is 0 Å². The first-order valence-electron chi connectivity index (χ1n) is 10.8. The summed E-state index contributed by atoms with van der Waals surface area (Å²) in [5, 5.41) is 9.23. The molecule has 1 heterocycles. The van der Waals surface area contributed by atoms with Gasteiger partial charge in [0.1, 0.15) is 5.69 Å². The molecule has 10 heteroatoms. The van der Waals surface area contributed by atoms with Gasteiger partial charge in [-0.3, -0.25) is 0 Å². The van der Waals surface area contributed by atoms with Crippen molar-refractivity contribution in [2.45, 2.75) is 26.0 Å². The Bertz CT molecular complexity index is 1340. The summed E-state index contributed by atoms with van der Waals surface area (Å²) >= 11 is 0. The summed E-state index contributed by atoms with van der Waals surface area (Å²) in [7, 11) is 0. The molecule has 3 N–H and O–H groups in total. The summed E-state index contributed by atoms with van der Waals surface area (Å²) < 4.78 is 60.0. The van der Waals surface area contributed by atoms with Gasteiger partial charge in [-0.25, -0.2) is 13.6 Å². The van der Waals surface area contributed by atoms with Crippen molar-refractivity contribution in [1.29, 1.82) is 0 Å². The van der Waals surface area contributed by atoms with Crippen LogP contribution in [0.3, 0.4) is 0 Å². The number of nitrogens with two attached hydrogens (primary N) is 1. The molecule has 1 aliphatic heterocycles. The van der Waals surface area contributed by atoms with Crippen molar-refractivity contribution in [2.24, 2.45) is 0 Å². The SMILES string of the molecule is C=Cc1cc2c(c(F)c1N)N(c1ccc(C(=O)O)cc1)CC(C)(C)N2c1ccc(F)c(OC(F)F)c1. The molecule has 0 radical (unpaired) electrons. The lowest BCUT2D eigenvalue weighted by Gasteiger charge is -2.50. The number of hydrogen-bond acceptors (Lipinski definition) is 5. The first kappa shape index (κ1) is 24.9. The van der Waals surface area contributed by atoms with Gasteiger partial charge in [-0.15, -0.1) is 0 Å². The quantitative estimate of drug-likeness (QED) is 0.294. The van der Waals surface area contributed by atoms with Crippen molar-refractivity contribution in [3.63, 3.8) is 0 Å². The number of fused-ring (bicyclic) bond motifs is 1. The number of ether oxygens (including phenoxy) is 1. The first-order valence-corrected chi connectivity index (χ1v) is 10.8. The number of hydrogen-bond donors (Lipinski definition) is 2. The van der Waals surface area contributed by atoms with Crippen molar-refractivity contribution in [3.05, 3.63) is 77.9 Å². The molecular formula is C26H23F4N3O3. The highest BCUT2D eigenvalue weighted by Crippen LogP contribution is 2.50. The maximum atomic E-state index is 15.8. The van der Waals surface area contributed by atoms with Crippen LogP contribution < -0.4 is 20.3 Å². The van der Waals surface area contributed by atoms with Crippen LogP contribution in [0.4, 0.5) is 46.0 Å².